The minimum Gasteiger partial charge on any atom is -0.329 e. The maximum absolute atomic E-state index is 4.50. The number of aryl methyl sites for hydroxylation is 1. The second kappa shape index (κ2) is 6.97. The highest BCUT2D eigenvalue weighted by Crippen LogP contribution is 2.17. The SMILES string of the molecule is c1ccc(Cn2ccnc2CNCC2CCc3nncn3C2)cc1. The van der Waals surface area contributed by atoms with Crippen LogP contribution in [0.3, 0.4) is 0 Å². The van der Waals surface area contributed by atoms with Crippen molar-refractivity contribution < 1.29 is 0 Å². The van der Waals surface area contributed by atoms with Crippen LogP contribution in [0.1, 0.15) is 23.6 Å². The molecule has 24 heavy (non-hydrogen) atoms. The zero-order valence-corrected chi connectivity index (χ0v) is 13.7. The van der Waals surface area contributed by atoms with Crippen LogP contribution < -0.4 is 5.32 Å². The third kappa shape index (κ3) is 3.38. The van der Waals surface area contributed by atoms with Crippen molar-refractivity contribution in [1.29, 1.82) is 0 Å². The molecular weight excluding hydrogens is 300 g/mol. The first-order valence-corrected chi connectivity index (χ1v) is 8.50. The summed E-state index contributed by atoms with van der Waals surface area (Å²) >= 11 is 0. The molecular formula is C18H22N6. The van der Waals surface area contributed by atoms with Gasteiger partial charge in [-0.05, 0) is 17.9 Å². The summed E-state index contributed by atoms with van der Waals surface area (Å²) in [5, 5.41) is 11.7. The molecule has 1 unspecified atom stereocenters. The highest BCUT2D eigenvalue weighted by atomic mass is 15.3. The molecule has 1 aliphatic rings. The number of hydrogen-bond donors (Lipinski definition) is 1. The Hall–Kier alpha value is -2.47. The minimum atomic E-state index is 0.631. The molecule has 0 saturated carbocycles. The van der Waals surface area contributed by atoms with Gasteiger partial charge >= 0.3 is 0 Å². The number of nitrogens with one attached hydrogen (secondary N) is 1. The second-order valence-corrected chi connectivity index (χ2v) is 6.39. The van der Waals surface area contributed by atoms with Crippen molar-refractivity contribution in [2.75, 3.05) is 6.54 Å². The van der Waals surface area contributed by atoms with Crippen molar-refractivity contribution in [3.05, 3.63) is 66.3 Å². The lowest BCUT2D eigenvalue weighted by Gasteiger charge is -2.23. The normalized spacial score (nSPS) is 16.9. The average Bonchev–Trinajstić information content (AvgIpc) is 3.25. The topological polar surface area (TPSA) is 60.6 Å². The molecule has 3 aromatic rings. The van der Waals surface area contributed by atoms with Gasteiger partial charge in [0.1, 0.15) is 18.0 Å². The molecule has 0 bridgehead atoms. The summed E-state index contributed by atoms with van der Waals surface area (Å²) < 4.78 is 4.38. The van der Waals surface area contributed by atoms with Crippen molar-refractivity contribution in [3.8, 4) is 0 Å². The van der Waals surface area contributed by atoms with E-state index in [1.54, 1.807) is 0 Å². The number of nitrogens with zero attached hydrogens (tertiary/aromatic N) is 5. The molecule has 1 aliphatic heterocycles. The van der Waals surface area contributed by atoms with Gasteiger partial charge in [-0.3, -0.25) is 0 Å². The van der Waals surface area contributed by atoms with Crippen molar-refractivity contribution in [2.24, 2.45) is 5.92 Å². The van der Waals surface area contributed by atoms with Crippen molar-refractivity contribution in [1.82, 2.24) is 29.6 Å². The van der Waals surface area contributed by atoms with Crippen LogP contribution in [0.2, 0.25) is 0 Å². The van der Waals surface area contributed by atoms with Crippen LogP contribution in [0.5, 0.6) is 0 Å². The minimum absolute atomic E-state index is 0.631. The predicted molar refractivity (Wildman–Crippen MR) is 91.3 cm³/mol. The standard InChI is InChI=1S/C18H22N6/c1-2-4-15(5-3-1)12-23-9-8-20-18(23)11-19-10-16-6-7-17-22-21-14-24(17)13-16/h1-5,8-9,14,16,19H,6-7,10-13H2. The number of aromatic nitrogens is 5. The summed E-state index contributed by atoms with van der Waals surface area (Å²) in [6, 6.07) is 10.5. The number of benzene rings is 1. The number of imidazole rings is 1. The molecule has 0 saturated heterocycles. The fourth-order valence-electron chi connectivity index (χ4n) is 3.31. The van der Waals surface area contributed by atoms with Gasteiger partial charge in [0.25, 0.3) is 0 Å². The summed E-state index contributed by atoms with van der Waals surface area (Å²) in [5.74, 6) is 2.83. The number of rotatable bonds is 6. The summed E-state index contributed by atoms with van der Waals surface area (Å²) in [4.78, 5) is 4.50. The van der Waals surface area contributed by atoms with Gasteiger partial charge in [-0.2, -0.15) is 0 Å². The van der Waals surface area contributed by atoms with Gasteiger partial charge in [0.05, 0.1) is 6.54 Å². The van der Waals surface area contributed by atoms with E-state index in [1.807, 2.05) is 24.8 Å². The van der Waals surface area contributed by atoms with E-state index in [2.05, 4.69) is 53.9 Å². The Morgan fingerprint density at radius 2 is 2.12 bits per heavy atom. The molecule has 6 nitrogen and oxygen atoms in total. The van der Waals surface area contributed by atoms with Crippen LogP contribution in [0, 0.1) is 5.92 Å². The molecule has 1 atom stereocenters. The van der Waals surface area contributed by atoms with Crippen LogP contribution in [0.15, 0.2) is 49.1 Å². The van der Waals surface area contributed by atoms with Crippen LogP contribution in [-0.4, -0.2) is 30.9 Å². The molecule has 2 aromatic heterocycles. The molecule has 3 heterocycles. The fourth-order valence-corrected chi connectivity index (χ4v) is 3.31. The largest absolute Gasteiger partial charge is 0.329 e. The Bertz CT molecular complexity index is 776. The average molecular weight is 322 g/mol. The van der Waals surface area contributed by atoms with Crippen molar-refractivity contribution in [2.45, 2.75) is 32.5 Å². The number of hydrogen-bond acceptors (Lipinski definition) is 4. The first-order chi connectivity index (χ1) is 11.9. The van der Waals surface area contributed by atoms with Gasteiger partial charge in [-0.1, -0.05) is 30.3 Å². The maximum Gasteiger partial charge on any atom is 0.132 e. The van der Waals surface area contributed by atoms with E-state index in [0.717, 1.165) is 44.2 Å². The fraction of sp³-hybridized carbons (Fsp3) is 0.389. The van der Waals surface area contributed by atoms with Gasteiger partial charge in [0.2, 0.25) is 0 Å². The first kappa shape index (κ1) is 15.1. The molecule has 124 valence electrons. The second-order valence-electron chi connectivity index (χ2n) is 6.39. The van der Waals surface area contributed by atoms with Crippen molar-refractivity contribution >= 4 is 0 Å². The van der Waals surface area contributed by atoms with Gasteiger partial charge in [0, 0.05) is 38.4 Å². The smallest absolute Gasteiger partial charge is 0.132 e. The molecule has 0 fully saturated rings. The Morgan fingerprint density at radius 3 is 3.04 bits per heavy atom. The van der Waals surface area contributed by atoms with Crippen LogP contribution in [0.4, 0.5) is 0 Å². The molecule has 0 radical (unpaired) electrons. The lowest BCUT2D eigenvalue weighted by molar-refractivity contribution is 0.345. The highest BCUT2D eigenvalue weighted by molar-refractivity contribution is 5.15. The Labute approximate surface area is 141 Å². The lowest BCUT2D eigenvalue weighted by atomic mass is 9.99. The summed E-state index contributed by atoms with van der Waals surface area (Å²) in [7, 11) is 0. The van der Waals surface area contributed by atoms with E-state index in [4.69, 9.17) is 0 Å². The Morgan fingerprint density at radius 1 is 1.21 bits per heavy atom. The Balaban J connectivity index is 1.30. The zero-order chi connectivity index (χ0) is 16.2. The molecule has 0 amide bonds. The van der Waals surface area contributed by atoms with Crippen LogP contribution in [0.25, 0.3) is 0 Å². The van der Waals surface area contributed by atoms with E-state index >= 15 is 0 Å². The van der Waals surface area contributed by atoms with Gasteiger partial charge in [0.15, 0.2) is 0 Å². The molecule has 6 heteroatoms. The van der Waals surface area contributed by atoms with E-state index in [9.17, 15) is 0 Å². The van der Waals surface area contributed by atoms with Crippen LogP contribution in [-0.2, 0) is 26.1 Å². The third-order valence-corrected chi connectivity index (χ3v) is 4.64. The summed E-state index contributed by atoms with van der Waals surface area (Å²) in [6.07, 6.45) is 7.96. The van der Waals surface area contributed by atoms with Gasteiger partial charge < -0.3 is 14.5 Å². The quantitative estimate of drug-likeness (QED) is 0.753. The van der Waals surface area contributed by atoms with E-state index in [-0.39, 0.29) is 0 Å². The first-order valence-electron chi connectivity index (χ1n) is 8.50. The van der Waals surface area contributed by atoms with E-state index < -0.39 is 0 Å². The molecule has 0 spiro atoms. The predicted octanol–water partition coefficient (Wildman–Crippen LogP) is 1.88. The summed E-state index contributed by atoms with van der Waals surface area (Å²) in [5.41, 5.74) is 1.30. The highest BCUT2D eigenvalue weighted by Gasteiger charge is 2.19. The molecule has 4 rings (SSSR count). The van der Waals surface area contributed by atoms with E-state index in [1.165, 1.54) is 12.0 Å². The van der Waals surface area contributed by atoms with E-state index in [0.29, 0.717) is 5.92 Å². The Kier molecular flexibility index (Phi) is 4.38. The zero-order valence-electron chi connectivity index (χ0n) is 13.7. The van der Waals surface area contributed by atoms with Gasteiger partial charge in [-0.25, -0.2) is 4.98 Å². The van der Waals surface area contributed by atoms with Gasteiger partial charge in [-0.15, -0.1) is 10.2 Å². The van der Waals surface area contributed by atoms with Crippen molar-refractivity contribution in [3.63, 3.8) is 0 Å². The number of fused-ring (bicyclic) bond motifs is 1. The molecule has 0 aliphatic carbocycles. The summed E-state index contributed by atoms with van der Waals surface area (Å²) in [6.45, 7) is 3.67. The lowest BCUT2D eigenvalue weighted by Crippen LogP contribution is -2.30. The van der Waals surface area contributed by atoms with Crippen LogP contribution >= 0.6 is 0 Å². The maximum atomic E-state index is 4.50. The molecule has 1 aromatic carbocycles. The molecule has 1 N–H and O–H groups in total. The monoisotopic (exact) mass is 322 g/mol. The third-order valence-electron chi connectivity index (χ3n) is 4.64.